The van der Waals surface area contributed by atoms with Crippen molar-refractivity contribution in [2.24, 2.45) is 0 Å². The first-order valence-corrected chi connectivity index (χ1v) is 5.30. The number of hydrogen-bond acceptors (Lipinski definition) is 3. The van der Waals surface area contributed by atoms with Gasteiger partial charge in [0.05, 0.1) is 12.8 Å². The lowest BCUT2D eigenvalue weighted by atomic mass is 10.4. The number of thioether (sulfide) groups is 1. The quantitative estimate of drug-likeness (QED) is 0.539. The molecule has 0 aliphatic rings. The van der Waals surface area contributed by atoms with Crippen molar-refractivity contribution in [3.8, 4) is 5.75 Å². The highest BCUT2D eigenvalue weighted by Crippen LogP contribution is 2.08. The summed E-state index contributed by atoms with van der Waals surface area (Å²) in [7, 11) is 0. The maximum atomic E-state index is 12.4. The lowest BCUT2D eigenvalue weighted by molar-refractivity contribution is 0.341. The Balaban J connectivity index is 2.25. The van der Waals surface area contributed by atoms with Crippen LogP contribution in [0.2, 0.25) is 0 Å². The largest absolute Gasteiger partial charge is 0.491 e. The molecule has 0 aliphatic heterocycles. The Hall–Kier alpha value is -0.770. The third kappa shape index (κ3) is 4.12. The number of hydrogen-bond donors (Lipinski definition) is 0. The minimum Gasteiger partial charge on any atom is -0.491 e. The smallest absolute Gasteiger partial charge is 0.213 e. The molecule has 0 aliphatic carbocycles. The van der Waals surface area contributed by atoms with Crippen molar-refractivity contribution in [1.29, 1.82) is 0 Å². The molecule has 0 bridgehead atoms. The Morgan fingerprint density at radius 1 is 1.54 bits per heavy atom. The highest BCUT2D eigenvalue weighted by molar-refractivity contribution is 7.99. The van der Waals surface area contributed by atoms with Crippen molar-refractivity contribution in [3.63, 3.8) is 0 Å². The number of nitrogens with zero attached hydrogens (tertiary/aromatic N) is 1. The molecule has 0 fully saturated rings. The molecule has 0 unspecified atom stereocenters. The molecular formula is C9H12FNOS. The molecular weight excluding hydrogens is 189 g/mol. The van der Waals surface area contributed by atoms with Gasteiger partial charge in [-0.3, -0.25) is 0 Å². The number of pyridine rings is 1. The summed E-state index contributed by atoms with van der Waals surface area (Å²) in [5.74, 6) is 2.19. The highest BCUT2D eigenvalue weighted by atomic mass is 32.2. The summed E-state index contributed by atoms with van der Waals surface area (Å²) in [4.78, 5) is 3.48. The van der Waals surface area contributed by atoms with Gasteiger partial charge in [0, 0.05) is 5.75 Å². The molecule has 0 spiro atoms. The van der Waals surface area contributed by atoms with Gasteiger partial charge >= 0.3 is 0 Å². The van der Waals surface area contributed by atoms with Gasteiger partial charge in [-0.15, -0.1) is 0 Å². The van der Waals surface area contributed by atoms with Crippen LogP contribution in [-0.4, -0.2) is 23.1 Å². The fraction of sp³-hybridized carbons (Fsp3) is 0.444. The molecule has 0 saturated carbocycles. The molecule has 1 heterocycles. The topological polar surface area (TPSA) is 22.1 Å². The predicted octanol–water partition coefficient (Wildman–Crippen LogP) is 2.35. The third-order valence-corrected chi connectivity index (χ3v) is 2.26. The number of ether oxygens (including phenoxy) is 1. The van der Waals surface area contributed by atoms with Crippen LogP contribution in [0.4, 0.5) is 4.39 Å². The van der Waals surface area contributed by atoms with Gasteiger partial charge in [0.1, 0.15) is 5.75 Å². The van der Waals surface area contributed by atoms with E-state index in [0.717, 1.165) is 11.5 Å². The summed E-state index contributed by atoms with van der Waals surface area (Å²) < 4.78 is 17.7. The van der Waals surface area contributed by atoms with Crippen molar-refractivity contribution in [3.05, 3.63) is 24.3 Å². The number of aromatic nitrogens is 1. The van der Waals surface area contributed by atoms with E-state index in [1.165, 1.54) is 12.3 Å². The second-order valence-corrected chi connectivity index (χ2v) is 3.76. The summed E-state index contributed by atoms with van der Waals surface area (Å²) in [5, 5.41) is 0. The van der Waals surface area contributed by atoms with E-state index in [2.05, 4.69) is 11.9 Å². The monoisotopic (exact) mass is 201 g/mol. The molecule has 1 aromatic rings. The van der Waals surface area contributed by atoms with E-state index < -0.39 is 5.95 Å². The van der Waals surface area contributed by atoms with Gasteiger partial charge < -0.3 is 4.74 Å². The second kappa shape index (κ2) is 5.80. The lowest BCUT2D eigenvalue weighted by Crippen LogP contribution is -2.00. The standard InChI is InChI=1S/C9H12FNOS/c1-2-13-6-5-12-8-3-4-9(10)11-7-8/h3-4,7H,2,5-6H2,1H3. The Morgan fingerprint density at radius 2 is 2.38 bits per heavy atom. The van der Waals surface area contributed by atoms with Crippen LogP contribution in [0.1, 0.15) is 6.92 Å². The predicted molar refractivity (Wildman–Crippen MR) is 52.7 cm³/mol. The van der Waals surface area contributed by atoms with E-state index in [1.807, 2.05) is 11.8 Å². The van der Waals surface area contributed by atoms with Gasteiger partial charge in [-0.25, -0.2) is 4.98 Å². The van der Waals surface area contributed by atoms with Crippen LogP contribution < -0.4 is 4.74 Å². The van der Waals surface area contributed by atoms with Crippen molar-refractivity contribution in [2.45, 2.75) is 6.92 Å². The molecule has 0 aromatic carbocycles. The molecule has 0 N–H and O–H groups in total. The van der Waals surface area contributed by atoms with Gasteiger partial charge in [-0.05, 0) is 17.9 Å². The number of halogens is 1. The maximum absolute atomic E-state index is 12.4. The Kier molecular flexibility index (Phi) is 4.60. The Morgan fingerprint density at radius 3 is 3.00 bits per heavy atom. The average molecular weight is 201 g/mol. The first-order chi connectivity index (χ1) is 6.33. The zero-order valence-electron chi connectivity index (χ0n) is 7.50. The van der Waals surface area contributed by atoms with Crippen LogP contribution >= 0.6 is 11.8 Å². The fourth-order valence-corrected chi connectivity index (χ4v) is 1.30. The van der Waals surface area contributed by atoms with Crippen molar-refractivity contribution in [2.75, 3.05) is 18.1 Å². The zero-order valence-corrected chi connectivity index (χ0v) is 8.31. The van der Waals surface area contributed by atoms with E-state index >= 15 is 0 Å². The molecule has 1 aromatic heterocycles. The van der Waals surface area contributed by atoms with Crippen LogP contribution in [0.3, 0.4) is 0 Å². The zero-order chi connectivity index (χ0) is 9.52. The van der Waals surface area contributed by atoms with Crippen LogP contribution in [-0.2, 0) is 0 Å². The number of rotatable bonds is 5. The SMILES string of the molecule is CCSCCOc1ccc(F)nc1. The molecule has 0 amide bonds. The fourth-order valence-electron chi connectivity index (χ4n) is 0.810. The van der Waals surface area contributed by atoms with E-state index in [4.69, 9.17) is 4.74 Å². The van der Waals surface area contributed by atoms with Crippen LogP contribution in [0.5, 0.6) is 5.75 Å². The Labute approximate surface area is 81.5 Å². The molecule has 0 saturated heterocycles. The Bertz CT molecular complexity index is 240. The summed E-state index contributed by atoms with van der Waals surface area (Å²) in [5.41, 5.74) is 0. The van der Waals surface area contributed by atoms with Crippen LogP contribution in [0, 0.1) is 5.95 Å². The molecule has 4 heteroatoms. The molecule has 72 valence electrons. The van der Waals surface area contributed by atoms with Crippen molar-refractivity contribution < 1.29 is 9.13 Å². The molecule has 13 heavy (non-hydrogen) atoms. The van der Waals surface area contributed by atoms with Gasteiger partial charge in [0.15, 0.2) is 0 Å². The first kappa shape index (κ1) is 10.3. The van der Waals surface area contributed by atoms with Crippen molar-refractivity contribution >= 4 is 11.8 Å². The summed E-state index contributed by atoms with van der Waals surface area (Å²) in [6.07, 6.45) is 1.39. The molecule has 2 nitrogen and oxygen atoms in total. The third-order valence-electron chi connectivity index (χ3n) is 1.40. The lowest BCUT2D eigenvalue weighted by Gasteiger charge is -2.03. The molecule has 1 rings (SSSR count). The van der Waals surface area contributed by atoms with E-state index in [9.17, 15) is 4.39 Å². The minimum atomic E-state index is -0.477. The van der Waals surface area contributed by atoms with E-state index in [0.29, 0.717) is 12.4 Å². The average Bonchev–Trinajstić information content (AvgIpc) is 2.15. The van der Waals surface area contributed by atoms with E-state index in [-0.39, 0.29) is 0 Å². The summed E-state index contributed by atoms with van der Waals surface area (Å²) in [6, 6.07) is 2.88. The highest BCUT2D eigenvalue weighted by Gasteiger charge is 1.94. The maximum Gasteiger partial charge on any atom is 0.213 e. The summed E-state index contributed by atoms with van der Waals surface area (Å²) in [6.45, 7) is 2.75. The summed E-state index contributed by atoms with van der Waals surface area (Å²) >= 11 is 1.81. The van der Waals surface area contributed by atoms with Gasteiger partial charge in [0.25, 0.3) is 0 Å². The van der Waals surface area contributed by atoms with Crippen LogP contribution in [0.15, 0.2) is 18.3 Å². The molecule has 0 atom stereocenters. The van der Waals surface area contributed by atoms with Gasteiger partial charge in [-0.1, -0.05) is 6.92 Å². The normalized spacial score (nSPS) is 10.0. The van der Waals surface area contributed by atoms with E-state index in [1.54, 1.807) is 6.07 Å². The second-order valence-electron chi connectivity index (χ2n) is 2.36. The molecule has 0 radical (unpaired) electrons. The van der Waals surface area contributed by atoms with Crippen molar-refractivity contribution in [1.82, 2.24) is 4.98 Å². The minimum absolute atomic E-state index is 0.477. The van der Waals surface area contributed by atoms with Gasteiger partial charge in [-0.2, -0.15) is 16.2 Å². The van der Waals surface area contributed by atoms with Gasteiger partial charge in [0.2, 0.25) is 5.95 Å². The van der Waals surface area contributed by atoms with Crippen LogP contribution in [0.25, 0.3) is 0 Å². The first-order valence-electron chi connectivity index (χ1n) is 4.15.